The van der Waals surface area contributed by atoms with Crippen LogP contribution in [-0.4, -0.2) is 32.9 Å². The van der Waals surface area contributed by atoms with Gasteiger partial charge in [0.25, 0.3) is 5.91 Å². The number of amides is 3. The molecule has 4 rings (SSSR count). The van der Waals surface area contributed by atoms with Crippen LogP contribution in [0, 0.1) is 0 Å². The molecule has 0 saturated carbocycles. The number of rotatable bonds is 3. The van der Waals surface area contributed by atoms with Crippen molar-refractivity contribution in [1.82, 2.24) is 14.5 Å². The van der Waals surface area contributed by atoms with Crippen molar-refractivity contribution in [2.75, 3.05) is 11.9 Å². The van der Waals surface area contributed by atoms with E-state index in [1.54, 1.807) is 24.5 Å². The third-order valence-electron chi connectivity index (χ3n) is 5.16. The van der Waals surface area contributed by atoms with E-state index in [0.717, 1.165) is 12.1 Å². The lowest BCUT2D eigenvalue weighted by atomic mass is 10.1. The molecule has 1 aliphatic rings. The Balaban J connectivity index is 1.63. The zero-order chi connectivity index (χ0) is 23.0. The fourth-order valence-corrected chi connectivity index (χ4v) is 4.12. The number of nitrogens with zero attached hydrogens (tertiary/aromatic N) is 3. The molecule has 2 aromatic heterocycles. The van der Waals surface area contributed by atoms with Gasteiger partial charge in [-0.3, -0.25) is 9.78 Å². The van der Waals surface area contributed by atoms with Crippen molar-refractivity contribution in [2.24, 2.45) is 5.73 Å². The maximum Gasteiger partial charge on any atom is 0.416 e. The van der Waals surface area contributed by atoms with Crippen LogP contribution < -0.4 is 11.1 Å². The number of benzene rings is 1. The number of anilines is 1. The summed E-state index contributed by atoms with van der Waals surface area (Å²) in [4.78, 5) is 30.3. The SMILES string of the molecule is NC(=O)c1c(Cl)c(-c2cccnc2)n2c1CN(C(=O)Nc1cccc(C(F)(F)F)c1)CC2. The molecule has 3 N–H and O–H groups in total. The fourth-order valence-electron chi connectivity index (χ4n) is 3.71. The van der Waals surface area contributed by atoms with Gasteiger partial charge >= 0.3 is 12.2 Å². The highest BCUT2D eigenvalue weighted by Gasteiger charge is 2.33. The minimum atomic E-state index is -4.53. The van der Waals surface area contributed by atoms with Crippen LogP contribution in [0.15, 0.2) is 48.8 Å². The Morgan fingerprint density at radius 1 is 1.16 bits per heavy atom. The summed E-state index contributed by atoms with van der Waals surface area (Å²) in [5, 5.41) is 2.64. The Bertz CT molecular complexity index is 1190. The summed E-state index contributed by atoms with van der Waals surface area (Å²) >= 11 is 6.49. The van der Waals surface area contributed by atoms with E-state index in [9.17, 15) is 22.8 Å². The van der Waals surface area contributed by atoms with Gasteiger partial charge in [0.05, 0.1) is 34.1 Å². The van der Waals surface area contributed by atoms with Gasteiger partial charge in [0, 0.05) is 36.7 Å². The number of fused-ring (bicyclic) bond motifs is 1. The number of nitrogens with two attached hydrogens (primary N) is 1. The van der Waals surface area contributed by atoms with Crippen molar-refractivity contribution in [2.45, 2.75) is 19.3 Å². The Morgan fingerprint density at radius 2 is 1.94 bits per heavy atom. The molecule has 1 aromatic carbocycles. The maximum absolute atomic E-state index is 12.9. The topological polar surface area (TPSA) is 93.2 Å². The van der Waals surface area contributed by atoms with Crippen LogP contribution in [0.1, 0.15) is 21.6 Å². The van der Waals surface area contributed by atoms with E-state index >= 15 is 0 Å². The van der Waals surface area contributed by atoms with Gasteiger partial charge in [0.2, 0.25) is 0 Å². The highest BCUT2D eigenvalue weighted by Crippen LogP contribution is 2.37. The number of carbonyl (C=O) groups is 2. The number of nitrogens with one attached hydrogen (secondary N) is 1. The quantitative estimate of drug-likeness (QED) is 0.604. The smallest absolute Gasteiger partial charge is 0.365 e. The largest absolute Gasteiger partial charge is 0.416 e. The number of alkyl halides is 3. The average molecular weight is 464 g/mol. The normalized spacial score (nSPS) is 13.6. The second-order valence-corrected chi connectivity index (χ2v) is 7.55. The van der Waals surface area contributed by atoms with Crippen LogP contribution in [-0.2, 0) is 19.3 Å². The van der Waals surface area contributed by atoms with Crippen molar-refractivity contribution >= 4 is 29.2 Å². The van der Waals surface area contributed by atoms with Gasteiger partial charge in [0.1, 0.15) is 0 Å². The molecule has 3 heterocycles. The Kier molecular flexibility index (Phi) is 5.55. The first-order chi connectivity index (χ1) is 15.2. The zero-order valence-corrected chi connectivity index (χ0v) is 17.2. The molecule has 11 heteroatoms. The number of aromatic nitrogens is 2. The molecular formula is C21H17ClF3N5O2. The lowest BCUT2D eigenvalue weighted by Gasteiger charge is -2.30. The number of primary amides is 1. The number of pyridine rings is 1. The van der Waals surface area contributed by atoms with Gasteiger partial charge in [-0.05, 0) is 30.3 Å². The van der Waals surface area contributed by atoms with Crippen LogP contribution in [0.2, 0.25) is 5.02 Å². The van der Waals surface area contributed by atoms with Crippen LogP contribution in [0.25, 0.3) is 11.3 Å². The predicted octanol–water partition coefficient (Wildman–Crippen LogP) is 4.37. The number of hydrogen-bond donors (Lipinski definition) is 2. The van der Waals surface area contributed by atoms with E-state index in [-0.39, 0.29) is 29.4 Å². The second kappa shape index (κ2) is 8.19. The Hall–Kier alpha value is -3.53. The van der Waals surface area contributed by atoms with Crippen LogP contribution in [0.3, 0.4) is 0 Å². The van der Waals surface area contributed by atoms with E-state index in [1.165, 1.54) is 17.0 Å². The maximum atomic E-state index is 12.9. The monoisotopic (exact) mass is 463 g/mol. The first-order valence-electron chi connectivity index (χ1n) is 9.51. The molecule has 0 spiro atoms. The number of halogens is 4. The number of hydrogen-bond acceptors (Lipinski definition) is 3. The summed E-state index contributed by atoms with van der Waals surface area (Å²) < 4.78 is 40.6. The minimum absolute atomic E-state index is 0.00303. The fraction of sp³-hybridized carbons (Fsp3) is 0.190. The molecule has 7 nitrogen and oxygen atoms in total. The molecule has 0 atom stereocenters. The van der Waals surface area contributed by atoms with Gasteiger partial charge in [-0.15, -0.1) is 0 Å². The van der Waals surface area contributed by atoms with E-state index in [1.807, 2.05) is 4.57 Å². The van der Waals surface area contributed by atoms with Gasteiger partial charge in [0.15, 0.2) is 0 Å². The lowest BCUT2D eigenvalue weighted by molar-refractivity contribution is -0.137. The van der Waals surface area contributed by atoms with E-state index in [2.05, 4.69) is 10.3 Å². The van der Waals surface area contributed by atoms with Gasteiger partial charge < -0.3 is 20.5 Å². The molecule has 0 fully saturated rings. The number of carbonyl (C=O) groups excluding carboxylic acids is 2. The van der Waals surface area contributed by atoms with Gasteiger partial charge in [-0.25, -0.2) is 4.79 Å². The summed E-state index contributed by atoms with van der Waals surface area (Å²) in [6.45, 7) is 0.555. The van der Waals surface area contributed by atoms with Crippen LogP contribution in [0.4, 0.5) is 23.7 Å². The summed E-state index contributed by atoms with van der Waals surface area (Å²) in [5.41, 5.74) is 6.50. The first-order valence-corrected chi connectivity index (χ1v) is 9.89. The van der Waals surface area contributed by atoms with Crippen LogP contribution in [0.5, 0.6) is 0 Å². The highest BCUT2D eigenvalue weighted by molar-refractivity contribution is 6.36. The summed E-state index contributed by atoms with van der Waals surface area (Å²) in [7, 11) is 0. The molecule has 0 bridgehead atoms. The third kappa shape index (κ3) is 4.01. The molecule has 0 saturated heterocycles. The van der Waals surface area contributed by atoms with Crippen molar-refractivity contribution < 1.29 is 22.8 Å². The molecule has 0 unspecified atom stereocenters. The summed E-state index contributed by atoms with van der Waals surface area (Å²) in [6, 6.07) is 7.27. The van der Waals surface area contributed by atoms with Crippen molar-refractivity contribution in [1.29, 1.82) is 0 Å². The van der Waals surface area contributed by atoms with Gasteiger partial charge in [-0.1, -0.05) is 17.7 Å². The molecular weight excluding hydrogens is 447 g/mol. The molecule has 1 aliphatic heterocycles. The van der Waals surface area contributed by atoms with Crippen LogP contribution >= 0.6 is 11.6 Å². The molecule has 166 valence electrons. The summed E-state index contributed by atoms with van der Waals surface area (Å²) in [6.07, 6.45) is -1.32. The molecule has 3 amide bonds. The zero-order valence-electron chi connectivity index (χ0n) is 16.5. The Labute approximate surface area is 185 Å². The minimum Gasteiger partial charge on any atom is -0.365 e. The van der Waals surface area contributed by atoms with Crippen molar-refractivity contribution in [3.8, 4) is 11.3 Å². The lowest BCUT2D eigenvalue weighted by Crippen LogP contribution is -2.41. The first kappa shape index (κ1) is 21.7. The molecule has 0 aliphatic carbocycles. The Morgan fingerprint density at radius 3 is 2.59 bits per heavy atom. The van der Waals surface area contributed by atoms with Gasteiger partial charge in [-0.2, -0.15) is 13.2 Å². The average Bonchev–Trinajstić information content (AvgIpc) is 3.05. The van der Waals surface area contributed by atoms with Crippen molar-refractivity contribution in [3.63, 3.8) is 0 Å². The molecule has 3 aromatic rings. The summed E-state index contributed by atoms with van der Waals surface area (Å²) in [5.74, 6) is -0.742. The molecule has 32 heavy (non-hydrogen) atoms. The van der Waals surface area contributed by atoms with E-state index < -0.39 is 23.7 Å². The number of urea groups is 1. The van der Waals surface area contributed by atoms with E-state index in [4.69, 9.17) is 17.3 Å². The standard InChI is InChI=1S/C21H17ClF3N5O2/c22-17-16(19(26)31)15-11-29(7-8-30(15)18(17)12-3-2-6-27-10-12)20(32)28-14-5-1-4-13(9-14)21(23,24)25/h1-6,9-10H,7-8,11H2,(H2,26,31)(H,28,32). The van der Waals surface area contributed by atoms with Crippen molar-refractivity contribution in [3.05, 3.63) is 70.6 Å². The molecule has 0 radical (unpaired) electrons. The highest BCUT2D eigenvalue weighted by atomic mass is 35.5. The van der Waals surface area contributed by atoms with E-state index in [0.29, 0.717) is 23.5 Å². The second-order valence-electron chi connectivity index (χ2n) is 7.17. The predicted molar refractivity (Wildman–Crippen MR) is 112 cm³/mol. The third-order valence-corrected chi connectivity index (χ3v) is 5.52.